The van der Waals surface area contributed by atoms with Crippen LogP contribution in [-0.4, -0.2) is 41.8 Å². The highest BCUT2D eigenvalue weighted by molar-refractivity contribution is 5.14. The maximum absolute atomic E-state index is 9.21. The monoisotopic (exact) mass is 248 g/mol. The minimum atomic E-state index is 0.242. The van der Waals surface area contributed by atoms with Gasteiger partial charge in [0.1, 0.15) is 0 Å². The molecule has 3 heteroatoms. The molecule has 0 radical (unpaired) electrons. The Labute approximate surface area is 110 Å². The fourth-order valence-corrected chi connectivity index (χ4v) is 2.59. The second-order valence-corrected chi connectivity index (χ2v) is 5.16. The van der Waals surface area contributed by atoms with Crippen molar-refractivity contribution in [3.63, 3.8) is 0 Å². The van der Waals surface area contributed by atoms with Gasteiger partial charge < -0.3 is 10.4 Å². The molecule has 1 aromatic carbocycles. The van der Waals surface area contributed by atoms with E-state index < -0.39 is 0 Å². The SMILES string of the molecule is CCC(CO)NC1CCN(Cc2ccccc2)C1. The Balaban J connectivity index is 1.78. The summed E-state index contributed by atoms with van der Waals surface area (Å²) in [6.07, 6.45) is 2.18. The number of rotatable bonds is 6. The molecule has 2 atom stereocenters. The third-order valence-corrected chi connectivity index (χ3v) is 3.71. The van der Waals surface area contributed by atoms with E-state index in [-0.39, 0.29) is 12.6 Å². The molecule has 0 bridgehead atoms. The van der Waals surface area contributed by atoms with E-state index in [1.807, 2.05) is 0 Å². The number of nitrogens with one attached hydrogen (secondary N) is 1. The summed E-state index contributed by atoms with van der Waals surface area (Å²) in [6, 6.07) is 11.4. The topological polar surface area (TPSA) is 35.5 Å². The predicted molar refractivity (Wildman–Crippen MR) is 74.4 cm³/mol. The third-order valence-electron chi connectivity index (χ3n) is 3.71. The zero-order chi connectivity index (χ0) is 12.8. The number of aliphatic hydroxyl groups excluding tert-OH is 1. The van der Waals surface area contributed by atoms with Crippen LogP contribution in [0.4, 0.5) is 0 Å². The molecule has 0 aliphatic carbocycles. The van der Waals surface area contributed by atoms with Crippen molar-refractivity contribution in [3.8, 4) is 0 Å². The predicted octanol–water partition coefficient (Wildman–Crippen LogP) is 1.62. The Bertz CT molecular complexity index is 338. The van der Waals surface area contributed by atoms with Crippen LogP contribution in [0.1, 0.15) is 25.3 Å². The molecule has 0 saturated carbocycles. The van der Waals surface area contributed by atoms with E-state index in [2.05, 4.69) is 47.5 Å². The van der Waals surface area contributed by atoms with Gasteiger partial charge in [-0.3, -0.25) is 4.90 Å². The molecule has 2 N–H and O–H groups in total. The van der Waals surface area contributed by atoms with Crippen molar-refractivity contribution in [1.82, 2.24) is 10.2 Å². The van der Waals surface area contributed by atoms with Crippen LogP contribution in [-0.2, 0) is 6.54 Å². The number of aliphatic hydroxyl groups is 1. The minimum absolute atomic E-state index is 0.242. The zero-order valence-corrected chi connectivity index (χ0v) is 11.2. The van der Waals surface area contributed by atoms with Crippen LogP contribution in [0.2, 0.25) is 0 Å². The van der Waals surface area contributed by atoms with Crippen LogP contribution < -0.4 is 5.32 Å². The lowest BCUT2D eigenvalue weighted by Gasteiger charge is -2.21. The molecule has 18 heavy (non-hydrogen) atoms. The maximum atomic E-state index is 9.21. The second kappa shape index (κ2) is 6.88. The van der Waals surface area contributed by atoms with Gasteiger partial charge in [0.25, 0.3) is 0 Å². The summed E-state index contributed by atoms with van der Waals surface area (Å²) in [5.41, 5.74) is 1.38. The molecule has 1 aliphatic rings. The third kappa shape index (κ3) is 3.80. The van der Waals surface area contributed by atoms with Crippen LogP contribution in [0.25, 0.3) is 0 Å². The largest absolute Gasteiger partial charge is 0.395 e. The molecule has 3 nitrogen and oxygen atoms in total. The highest BCUT2D eigenvalue weighted by Gasteiger charge is 2.23. The number of benzene rings is 1. The quantitative estimate of drug-likeness (QED) is 0.803. The summed E-state index contributed by atoms with van der Waals surface area (Å²) in [6.45, 7) is 5.63. The molecule has 1 aromatic rings. The Morgan fingerprint density at radius 3 is 2.83 bits per heavy atom. The van der Waals surface area contributed by atoms with Gasteiger partial charge in [-0.25, -0.2) is 0 Å². The lowest BCUT2D eigenvalue weighted by atomic mass is 10.2. The van der Waals surface area contributed by atoms with E-state index in [1.54, 1.807) is 0 Å². The Hall–Kier alpha value is -0.900. The Morgan fingerprint density at radius 2 is 2.17 bits per heavy atom. The van der Waals surface area contributed by atoms with E-state index >= 15 is 0 Å². The minimum Gasteiger partial charge on any atom is -0.395 e. The molecular formula is C15H24N2O. The van der Waals surface area contributed by atoms with Crippen molar-refractivity contribution in [3.05, 3.63) is 35.9 Å². The smallest absolute Gasteiger partial charge is 0.0584 e. The first-order valence-electron chi connectivity index (χ1n) is 6.95. The molecule has 2 unspecified atom stereocenters. The van der Waals surface area contributed by atoms with E-state index in [4.69, 9.17) is 0 Å². The van der Waals surface area contributed by atoms with Crippen molar-refractivity contribution in [2.24, 2.45) is 0 Å². The van der Waals surface area contributed by atoms with E-state index in [0.29, 0.717) is 6.04 Å². The lowest BCUT2D eigenvalue weighted by molar-refractivity contribution is 0.225. The van der Waals surface area contributed by atoms with E-state index in [0.717, 1.165) is 26.1 Å². The normalized spacial score (nSPS) is 22.2. The number of hydrogen-bond acceptors (Lipinski definition) is 3. The van der Waals surface area contributed by atoms with Crippen molar-refractivity contribution >= 4 is 0 Å². The van der Waals surface area contributed by atoms with Crippen molar-refractivity contribution < 1.29 is 5.11 Å². The van der Waals surface area contributed by atoms with Gasteiger partial charge in [0.2, 0.25) is 0 Å². The fourth-order valence-electron chi connectivity index (χ4n) is 2.59. The summed E-state index contributed by atoms with van der Waals surface area (Å²) in [4.78, 5) is 2.48. The van der Waals surface area contributed by atoms with Crippen LogP contribution in [0.15, 0.2) is 30.3 Å². The average Bonchev–Trinajstić information content (AvgIpc) is 2.84. The fraction of sp³-hybridized carbons (Fsp3) is 0.600. The standard InChI is InChI=1S/C15H24N2O/c1-2-14(12-18)16-15-8-9-17(11-15)10-13-6-4-3-5-7-13/h3-7,14-16,18H,2,8-12H2,1H3. The van der Waals surface area contributed by atoms with Gasteiger partial charge in [0.05, 0.1) is 6.61 Å². The van der Waals surface area contributed by atoms with Crippen LogP contribution in [0.5, 0.6) is 0 Å². The maximum Gasteiger partial charge on any atom is 0.0584 e. The summed E-state index contributed by atoms with van der Waals surface area (Å²) in [5, 5.41) is 12.8. The molecule has 1 aliphatic heterocycles. The van der Waals surface area contributed by atoms with Gasteiger partial charge in [0.15, 0.2) is 0 Å². The average molecular weight is 248 g/mol. The van der Waals surface area contributed by atoms with Crippen LogP contribution in [0, 0.1) is 0 Å². The molecule has 0 spiro atoms. The number of nitrogens with zero attached hydrogens (tertiary/aromatic N) is 1. The Kier molecular flexibility index (Phi) is 5.17. The highest BCUT2D eigenvalue weighted by Crippen LogP contribution is 2.14. The zero-order valence-electron chi connectivity index (χ0n) is 11.2. The first-order valence-corrected chi connectivity index (χ1v) is 6.95. The van der Waals surface area contributed by atoms with Crippen molar-refractivity contribution in [1.29, 1.82) is 0 Å². The molecule has 2 rings (SSSR count). The molecule has 0 aromatic heterocycles. The molecule has 1 fully saturated rings. The van der Waals surface area contributed by atoms with Gasteiger partial charge in [-0.05, 0) is 18.4 Å². The molecule has 0 amide bonds. The van der Waals surface area contributed by atoms with Crippen molar-refractivity contribution in [2.45, 2.75) is 38.4 Å². The van der Waals surface area contributed by atoms with Crippen LogP contribution >= 0.6 is 0 Å². The molecule has 1 saturated heterocycles. The van der Waals surface area contributed by atoms with Crippen LogP contribution in [0.3, 0.4) is 0 Å². The van der Waals surface area contributed by atoms with Gasteiger partial charge >= 0.3 is 0 Å². The number of likely N-dealkylation sites (tertiary alicyclic amines) is 1. The van der Waals surface area contributed by atoms with Gasteiger partial charge in [0, 0.05) is 31.7 Å². The van der Waals surface area contributed by atoms with E-state index in [9.17, 15) is 5.11 Å². The van der Waals surface area contributed by atoms with E-state index in [1.165, 1.54) is 12.0 Å². The molecular weight excluding hydrogens is 224 g/mol. The number of hydrogen-bond donors (Lipinski definition) is 2. The van der Waals surface area contributed by atoms with Crippen molar-refractivity contribution in [2.75, 3.05) is 19.7 Å². The summed E-state index contributed by atoms with van der Waals surface area (Å²) < 4.78 is 0. The highest BCUT2D eigenvalue weighted by atomic mass is 16.3. The first kappa shape index (κ1) is 13.5. The first-order chi connectivity index (χ1) is 8.81. The molecule has 100 valence electrons. The Morgan fingerprint density at radius 1 is 1.39 bits per heavy atom. The van der Waals surface area contributed by atoms with Gasteiger partial charge in [-0.15, -0.1) is 0 Å². The molecule has 1 heterocycles. The second-order valence-electron chi connectivity index (χ2n) is 5.16. The summed E-state index contributed by atoms with van der Waals surface area (Å²) in [7, 11) is 0. The van der Waals surface area contributed by atoms with Gasteiger partial charge in [-0.2, -0.15) is 0 Å². The summed E-state index contributed by atoms with van der Waals surface area (Å²) >= 11 is 0. The van der Waals surface area contributed by atoms with Gasteiger partial charge in [-0.1, -0.05) is 37.3 Å². The lowest BCUT2D eigenvalue weighted by Crippen LogP contribution is -2.41. The summed E-state index contributed by atoms with van der Waals surface area (Å²) in [5.74, 6) is 0.